The number of methoxy groups -OCH3 is 2. The van der Waals surface area contributed by atoms with Crippen LogP contribution >= 0.6 is 0 Å². The number of rotatable bonds is 7. The third kappa shape index (κ3) is 5.13. The zero-order valence-corrected chi connectivity index (χ0v) is 14.3. The van der Waals surface area contributed by atoms with Gasteiger partial charge < -0.3 is 19.3 Å². The molecule has 0 bridgehead atoms. The van der Waals surface area contributed by atoms with Crippen LogP contribution in [0.1, 0.15) is 11.1 Å². The number of aromatic hydroxyl groups is 1. The summed E-state index contributed by atoms with van der Waals surface area (Å²) in [5.41, 5.74) is 4.00. The van der Waals surface area contributed by atoms with Gasteiger partial charge >= 0.3 is 0 Å². The summed E-state index contributed by atoms with van der Waals surface area (Å²) in [4.78, 5) is 11.8. The molecule has 7 nitrogen and oxygen atoms in total. The first-order chi connectivity index (χ1) is 12.0. The van der Waals surface area contributed by atoms with Crippen LogP contribution in [-0.4, -0.2) is 38.1 Å². The number of carbonyl (C=O) groups excluding carboxylic acids is 1. The largest absolute Gasteiger partial charge is 0.502 e. The van der Waals surface area contributed by atoms with Crippen LogP contribution < -0.4 is 19.6 Å². The van der Waals surface area contributed by atoms with Crippen molar-refractivity contribution in [1.29, 1.82) is 0 Å². The van der Waals surface area contributed by atoms with Crippen molar-refractivity contribution in [3.63, 3.8) is 0 Å². The topological polar surface area (TPSA) is 89.4 Å². The number of ether oxygens (including phenoxy) is 3. The van der Waals surface area contributed by atoms with Gasteiger partial charge in [-0.2, -0.15) is 5.10 Å². The van der Waals surface area contributed by atoms with E-state index >= 15 is 0 Å². The van der Waals surface area contributed by atoms with Gasteiger partial charge in [-0.3, -0.25) is 4.79 Å². The summed E-state index contributed by atoms with van der Waals surface area (Å²) >= 11 is 0. The summed E-state index contributed by atoms with van der Waals surface area (Å²) in [7, 11) is 2.86. The number of nitrogens with one attached hydrogen (secondary N) is 1. The van der Waals surface area contributed by atoms with Crippen LogP contribution in [0.4, 0.5) is 0 Å². The minimum absolute atomic E-state index is 0.0993. The Kier molecular flexibility index (Phi) is 6.22. The Bertz CT molecular complexity index is 749. The van der Waals surface area contributed by atoms with Gasteiger partial charge in [-0.05, 0) is 36.8 Å². The van der Waals surface area contributed by atoms with Crippen molar-refractivity contribution in [2.75, 3.05) is 20.8 Å². The van der Waals surface area contributed by atoms with Crippen molar-refractivity contribution in [1.82, 2.24) is 5.43 Å². The average molecular weight is 344 g/mol. The van der Waals surface area contributed by atoms with Gasteiger partial charge in [-0.15, -0.1) is 0 Å². The minimum Gasteiger partial charge on any atom is -0.502 e. The maximum absolute atomic E-state index is 11.8. The molecule has 0 saturated heterocycles. The van der Waals surface area contributed by atoms with Gasteiger partial charge in [0, 0.05) is 5.56 Å². The summed E-state index contributed by atoms with van der Waals surface area (Å²) in [5.74, 6) is 0.616. The van der Waals surface area contributed by atoms with Crippen LogP contribution in [0.5, 0.6) is 23.0 Å². The maximum Gasteiger partial charge on any atom is 0.277 e. The Balaban J connectivity index is 1.93. The number of hydrogen-bond acceptors (Lipinski definition) is 6. The number of hydrogen-bond donors (Lipinski definition) is 2. The molecular weight excluding hydrogens is 324 g/mol. The third-order valence-corrected chi connectivity index (χ3v) is 3.26. The van der Waals surface area contributed by atoms with Crippen molar-refractivity contribution >= 4 is 12.1 Å². The second-order valence-corrected chi connectivity index (χ2v) is 5.17. The predicted molar refractivity (Wildman–Crippen MR) is 93.6 cm³/mol. The first-order valence-electron chi connectivity index (χ1n) is 7.50. The van der Waals surface area contributed by atoms with Crippen LogP contribution in [0.3, 0.4) is 0 Å². The van der Waals surface area contributed by atoms with Crippen molar-refractivity contribution < 1.29 is 24.1 Å². The van der Waals surface area contributed by atoms with E-state index in [1.807, 2.05) is 25.1 Å². The molecule has 0 aliphatic rings. The van der Waals surface area contributed by atoms with E-state index in [4.69, 9.17) is 14.2 Å². The lowest BCUT2D eigenvalue weighted by Gasteiger charge is -2.09. The van der Waals surface area contributed by atoms with E-state index in [9.17, 15) is 9.90 Å². The molecule has 0 aliphatic carbocycles. The number of amides is 1. The molecule has 1 amide bonds. The van der Waals surface area contributed by atoms with Crippen LogP contribution in [0.25, 0.3) is 0 Å². The maximum atomic E-state index is 11.8. The molecule has 0 unspecified atom stereocenters. The fourth-order valence-electron chi connectivity index (χ4n) is 2.05. The van der Waals surface area contributed by atoms with Crippen LogP contribution in [0, 0.1) is 6.92 Å². The average Bonchev–Trinajstić information content (AvgIpc) is 2.61. The number of nitrogens with zero attached hydrogens (tertiary/aromatic N) is 1. The molecule has 2 aromatic rings. The van der Waals surface area contributed by atoms with Gasteiger partial charge in [0.25, 0.3) is 5.91 Å². The standard InChI is InChI=1S/C18H20N2O5/c1-12-5-4-6-14(7-12)25-11-17(21)20-19-10-13-8-15(23-2)18(22)16(9-13)24-3/h4-10,22H,11H2,1-3H3,(H,20,21)/b19-10-. The highest BCUT2D eigenvalue weighted by Crippen LogP contribution is 2.36. The zero-order valence-electron chi connectivity index (χ0n) is 14.3. The molecule has 2 rings (SSSR count). The van der Waals surface area contributed by atoms with E-state index in [2.05, 4.69) is 10.5 Å². The smallest absolute Gasteiger partial charge is 0.277 e. The van der Waals surface area contributed by atoms with Crippen molar-refractivity contribution in [3.05, 3.63) is 47.5 Å². The Morgan fingerprint density at radius 2 is 1.88 bits per heavy atom. The molecule has 0 aromatic heterocycles. The van der Waals surface area contributed by atoms with E-state index in [-0.39, 0.29) is 23.9 Å². The van der Waals surface area contributed by atoms with Crippen LogP contribution in [0.15, 0.2) is 41.5 Å². The molecule has 2 aromatic carbocycles. The van der Waals surface area contributed by atoms with E-state index in [1.165, 1.54) is 20.4 Å². The fourth-order valence-corrected chi connectivity index (χ4v) is 2.05. The van der Waals surface area contributed by atoms with E-state index in [0.29, 0.717) is 11.3 Å². The Morgan fingerprint density at radius 1 is 1.20 bits per heavy atom. The second-order valence-electron chi connectivity index (χ2n) is 5.17. The molecular formula is C18H20N2O5. The van der Waals surface area contributed by atoms with Gasteiger partial charge in [0.1, 0.15) is 5.75 Å². The van der Waals surface area contributed by atoms with E-state index in [0.717, 1.165) is 5.56 Å². The molecule has 0 radical (unpaired) electrons. The van der Waals surface area contributed by atoms with Crippen LogP contribution in [-0.2, 0) is 4.79 Å². The summed E-state index contributed by atoms with van der Waals surface area (Å²) in [6, 6.07) is 10.5. The van der Waals surface area contributed by atoms with Gasteiger partial charge in [-0.1, -0.05) is 12.1 Å². The van der Waals surface area contributed by atoms with E-state index in [1.54, 1.807) is 18.2 Å². The lowest BCUT2D eigenvalue weighted by Crippen LogP contribution is -2.24. The van der Waals surface area contributed by atoms with Crippen molar-refractivity contribution in [2.24, 2.45) is 5.10 Å². The van der Waals surface area contributed by atoms with Crippen LogP contribution in [0.2, 0.25) is 0 Å². The van der Waals surface area contributed by atoms with Crippen molar-refractivity contribution in [3.8, 4) is 23.0 Å². The number of phenolic OH excluding ortho intramolecular Hbond substituents is 1. The summed E-state index contributed by atoms with van der Waals surface area (Å²) in [6.45, 7) is 1.79. The SMILES string of the molecule is COc1cc(/C=N\NC(=O)COc2cccc(C)c2)cc(OC)c1O. The first kappa shape index (κ1) is 18.1. The number of carbonyl (C=O) groups is 1. The molecule has 0 fully saturated rings. The highest BCUT2D eigenvalue weighted by molar-refractivity contribution is 5.84. The van der Waals surface area contributed by atoms with Gasteiger partial charge in [-0.25, -0.2) is 5.43 Å². The number of aryl methyl sites for hydroxylation is 1. The van der Waals surface area contributed by atoms with E-state index < -0.39 is 5.91 Å². The monoisotopic (exact) mass is 344 g/mol. The highest BCUT2D eigenvalue weighted by atomic mass is 16.5. The Labute approximate surface area is 145 Å². The van der Waals surface area contributed by atoms with Gasteiger partial charge in [0.15, 0.2) is 18.1 Å². The Hall–Kier alpha value is -3.22. The molecule has 7 heteroatoms. The molecule has 0 atom stereocenters. The zero-order chi connectivity index (χ0) is 18.2. The minimum atomic E-state index is -0.393. The predicted octanol–water partition coefficient (Wildman–Crippen LogP) is 2.25. The van der Waals surface area contributed by atoms with Gasteiger partial charge in [0.2, 0.25) is 5.75 Å². The molecule has 0 heterocycles. The summed E-state index contributed by atoms with van der Waals surface area (Å²) in [5, 5.41) is 13.7. The Morgan fingerprint density at radius 3 is 2.48 bits per heavy atom. The third-order valence-electron chi connectivity index (χ3n) is 3.26. The molecule has 2 N–H and O–H groups in total. The van der Waals surface area contributed by atoms with Gasteiger partial charge in [0.05, 0.1) is 20.4 Å². The lowest BCUT2D eigenvalue weighted by molar-refractivity contribution is -0.123. The van der Waals surface area contributed by atoms with Crippen molar-refractivity contribution in [2.45, 2.75) is 6.92 Å². The molecule has 0 aliphatic heterocycles. The first-order valence-corrected chi connectivity index (χ1v) is 7.50. The number of phenols is 1. The quantitative estimate of drug-likeness (QED) is 0.594. The normalized spacial score (nSPS) is 10.5. The summed E-state index contributed by atoms with van der Waals surface area (Å²) < 4.78 is 15.5. The molecule has 25 heavy (non-hydrogen) atoms. The molecule has 0 saturated carbocycles. The number of hydrazone groups is 1. The molecule has 0 spiro atoms. The highest BCUT2D eigenvalue weighted by Gasteiger charge is 2.10. The lowest BCUT2D eigenvalue weighted by atomic mass is 10.2. The second kappa shape index (κ2) is 8.58. The summed E-state index contributed by atoms with van der Waals surface area (Å²) in [6.07, 6.45) is 1.41. The fraction of sp³-hybridized carbons (Fsp3) is 0.222. The number of benzene rings is 2. The molecule has 132 valence electrons.